The quantitative estimate of drug-likeness (QED) is 0.816. The Balaban J connectivity index is 1.74. The number of hydrogen-bond donors (Lipinski definition) is 2. The average Bonchev–Trinajstić information content (AvgIpc) is 2.46. The fraction of sp³-hybridized carbons (Fsp3) is 0.812. The highest BCUT2D eigenvalue weighted by atomic mass is 16.6. The number of carbonyl (C=O) groups excluding carboxylic acids is 1. The highest BCUT2D eigenvalue weighted by molar-refractivity contribution is 6.30. The van der Waals surface area contributed by atoms with Crippen molar-refractivity contribution < 1.29 is 14.3 Å². The van der Waals surface area contributed by atoms with Gasteiger partial charge in [-0.15, -0.1) is 0 Å². The number of carbonyl (C=O) groups is 1. The molecule has 1 amide bonds. The first-order chi connectivity index (χ1) is 10.8. The number of amides is 1. The second-order valence-electron chi connectivity index (χ2n) is 7.11. The Morgan fingerprint density at radius 3 is 3.04 bits per heavy atom. The van der Waals surface area contributed by atoms with Crippen molar-refractivity contribution in [1.82, 2.24) is 10.2 Å². The summed E-state index contributed by atoms with van der Waals surface area (Å²) in [5, 5.41) is 10.7. The SMILES string of the molecule is CC(C)(C)OC(=O)NCC1CN(CC2CCN=CC2=N)CCO1. The molecule has 2 N–H and O–H groups in total. The smallest absolute Gasteiger partial charge is 0.407 e. The van der Waals surface area contributed by atoms with Gasteiger partial charge >= 0.3 is 6.09 Å². The van der Waals surface area contributed by atoms with Crippen molar-refractivity contribution in [1.29, 1.82) is 5.41 Å². The summed E-state index contributed by atoms with van der Waals surface area (Å²) in [6.07, 6.45) is 2.16. The van der Waals surface area contributed by atoms with Crippen LogP contribution in [0.3, 0.4) is 0 Å². The molecule has 2 aliphatic rings. The summed E-state index contributed by atoms with van der Waals surface area (Å²) < 4.78 is 10.9. The molecule has 0 radical (unpaired) electrons. The molecule has 0 spiro atoms. The monoisotopic (exact) mass is 324 g/mol. The number of nitrogens with one attached hydrogen (secondary N) is 2. The van der Waals surface area contributed by atoms with Gasteiger partial charge in [-0.3, -0.25) is 9.89 Å². The molecule has 0 aromatic rings. The van der Waals surface area contributed by atoms with Gasteiger partial charge in [0.2, 0.25) is 0 Å². The standard InChI is InChI=1S/C16H28N4O3/c1-16(2,3)23-15(21)19-8-13-11-20(6-7-22-13)10-12-4-5-18-9-14(12)17/h9,12-13,17H,4-8,10-11H2,1-3H3,(H,19,21). The molecule has 0 aromatic heterocycles. The maximum atomic E-state index is 11.7. The Morgan fingerprint density at radius 1 is 1.57 bits per heavy atom. The molecule has 2 aliphatic heterocycles. The Bertz CT molecular complexity index is 459. The molecule has 23 heavy (non-hydrogen) atoms. The molecule has 2 unspecified atom stereocenters. The van der Waals surface area contributed by atoms with E-state index in [1.807, 2.05) is 20.8 Å². The molecule has 2 atom stereocenters. The van der Waals surface area contributed by atoms with E-state index in [0.29, 0.717) is 18.9 Å². The lowest BCUT2D eigenvalue weighted by molar-refractivity contribution is -0.0308. The van der Waals surface area contributed by atoms with Crippen LogP contribution < -0.4 is 5.32 Å². The summed E-state index contributed by atoms with van der Waals surface area (Å²) in [5.41, 5.74) is 0.123. The van der Waals surface area contributed by atoms with E-state index in [9.17, 15) is 4.79 Å². The molecule has 0 aliphatic carbocycles. The molecular formula is C16H28N4O3. The summed E-state index contributed by atoms with van der Waals surface area (Å²) in [5.74, 6) is 0.255. The second-order valence-corrected chi connectivity index (χ2v) is 7.11. The predicted octanol–water partition coefficient (Wildman–Crippen LogP) is 1.32. The first kappa shape index (κ1) is 17.9. The van der Waals surface area contributed by atoms with Gasteiger partial charge < -0.3 is 20.2 Å². The fourth-order valence-electron chi connectivity index (χ4n) is 2.74. The topological polar surface area (TPSA) is 87.0 Å². The van der Waals surface area contributed by atoms with Crippen LogP contribution in [0, 0.1) is 11.3 Å². The van der Waals surface area contributed by atoms with Crippen molar-refractivity contribution in [2.75, 3.05) is 39.3 Å². The number of ether oxygens (including phenoxy) is 2. The zero-order valence-corrected chi connectivity index (χ0v) is 14.3. The van der Waals surface area contributed by atoms with Crippen LogP contribution in [-0.4, -0.2) is 74.0 Å². The van der Waals surface area contributed by atoms with E-state index < -0.39 is 11.7 Å². The number of alkyl carbamates (subject to hydrolysis) is 1. The number of hydrogen-bond acceptors (Lipinski definition) is 6. The van der Waals surface area contributed by atoms with Crippen molar-refractivity contribution >= 4 is 18.0 Å². The summed E-state index contributed by atoms with van der Waals surface area (Å²) in [7, 11) is 0. The minimum Gasteiger partial charge on any atom is -0.444 e. The van der Waals surface area contributed by atoms with Gasteiger partial charge in [-0.1, -0.05) is 0 Å². The van der Waals surface area contributed by atoms with E-state index in [1.165, 1.54) is 0 Å². The van der Waals surface area contributed by atoms with Gasteiger partial charge in [0.15, 0.2) is 0 Å². The van der Waals surface area contributed by atoms with Crippen molar-refractivity contribution in [3.05, 3.63) is 0 Å². The maximum Gasteiger partial charge on any atom is 0.407 e. The Kier molecular flexibility index (Phi) is 6.12. The van der Waals surface area contributed by atoms with Crippen LogP contribution in [0.4, 0.5) is 4.79 Å². The largest absolute Gasteiger partial charge is 0.444 e. The third-order valence-corrected chi connectivity index (χ3v) is 3.85. The van der Waals surface area contributed by atoms with E-state index in [-0.39, 0.29) is 12.0 Å². The van der Waals surface area contributed by atoms with Crippen molar-refractivity contribution in [3.8, 4) is 0 Å². The normalized spacial score (nSPS) is 26.1. The minimum atomic E-state index is -0.494. The van der Waals surface area contributed by atoms with Crippen molar-refractivity contribution in [2.24, 2.45) is 10.9 Å². The van der Waals surface area contributed by atoms with Gasteiger partial charge in [0.05, 0.1) is 18.4 Å². The molecule has 0 bridgehead atoms. The molecule has 1 saturated heterocycles. The molecule has 2 heterocycles. The Hall–Kier alpha value is -1.47. The van der Waals surface area contributed by atoms with E-state index in [1.54, 1.807) is 6.21 Å². The highest BCUT2D eigenvalue weighted by Crippen LogP contribution is 2.14. The zero-order chi connectivity index (χ0) is 16.9. The first-order valence-corrected chi connectivity index (χ1v) is 8.22. The summed E-state index contributed by atoms with van der Waals surface area (Å²) in [6.45, 7) is 9.90. The van der Waals surface area contributed by atoms with Gasteiger partial charge in [0.25, 0.3) is 0 Å². The summed E-state index contributed by atoms with van der Waals surface area (Å²) in [4.78, 5) is 18.1. The molecule has 1 fully saturated rings. The third-order valence-electron chi connectivity index (χ3n) is 3.85. The van der Waals surface area contributed by atoms with Crippen LogP contribution in [-0.2, 0) is 9.47 Å². The number of nitrogens with zero attached hydrogens (tertiary/aromatic N) is 2. The average molecular weight is 324 g/mol. The number of aliphatic imine (C=N–C) groups is 1. The van der Waals surface area contributed by atoms with Gasteiger partial charge in [-0.25, -0.2) is 4.79 Å². The van der Waals surface area contributed by atoms with Crippen LogP contribution in [0.5, 0.6) is 0 Å². The molecule has 0 saturated carbocycles. The van der Waals surface area contributed by atoms with Crippen LogP contribution in [0.25, 0.3) is 0 Å². The van der Waals surface area contributed by atoms with Crippen molar-refractivity contribution in [2.45, 2.75) is 38.9 Å². The minimum absolute atomic E-state index is 0.0392. The zero-order valence-electron chi connectivity index (χ0n) is 14.3. The first-order valence-electron chi connectivity index (χ1n) is 8.22. The molecule has 7 nitrogen and oxygen atoms in total. The van der Waals surface area contributed by atoms with Crippen molar-refractivity contribution in [3.63, 3.8) is 0 Å². The van der Waals surface area contributed by atoms with Crippen LogP contribution in [0.2, 0.25) is 0 Å². The summed E-state index contributed by atoms with van der Waals surface area (Å²) in [6, 6.07) is 0. The Labute approximate surface area is 137 Å². The molecular weight excluding hydrogens is 296 g/mol. The number of morpholine rings is 1. The lowest BCUT2D eigenvalue weighted by atomic mass is 9.97. The van der Waals surface area contributed by atoms with Gasteiger partial charge in [0, 0.05) is 44.9 Å². The predicted molar refractivity (Wildman–Crippen MR) is 89.6 cm³/mol. The molecule has 130 valence electrons. The van der Waals surface area contributed by atoms with E-state index in [4.69, 9.17) is 14.9 Å². The van der Waals surface area contributed by atoms with Gasteiger partial charge in [-0.05, 0) is 27.2 Å². The summed E-state index contributed by atoms with van der Waals surface area (Å²) >= 11 is 0. The lowest BCUT2D eigenvalue weighted by Gasteiger charge is -2.35. The van der Waals surface area contributed by atoms with Crippen LogP contribution >= 0.6 is 0 Å². The number of rotatable bonds is 4. The van der Waals surface area contributed by atoms with E-state index >= 15 is 0 Å². The second kappa shape index (κ2) is 7.88. The van der Waals surface area contributed by atoms with E-state index in [0.717, 1.165) is 32.6 Å². The van der Waals surface area contributed by atoms with Gasteiger partial charge in [-0.2, -0.15) is 0 Å². The third kappa shape index (κ3) is 6.27. The molecule has 2 rings (SSSR count). The maximum absolute atomic E-state index is 11.7. The highest BCUT2D eigenvalue weighted by Gasteiger charge is 2.26. The lowest BCUT2D eigenvalue weighted by Crippen LogP contribution is -2.50. The molecule has 0 aromatic carbocycles. The fourth-order valence-corrected chi connectivity index (χ4v) is 2.74. The Morgan fingerprint density at radius 2 is 2.35 bits per heavy atom. The molecule has 7 heteroatoms. The van der Waals surface area contributed by atoms with Crippen LogP contribution in [0.1, 0.15) is 27.2 Å². The van der Waals surface area contributed by atoms with Crippen LogP contribution in [0.15, 0.2) is 4.99 Å². The van der Waals surface area contributed by atoms with E-state index in [2.05, 4.69) is 15.2 Å². The van der Waals surface area contributed by atoms with Gasteiger partial charge in [0.1, 0.15) is 5.60 Å².